The summed E-state index contributed by atoms with van der Waals surface area (Å²) in [6.07, 6.45) is 0. The highest BCUT2D eigenvalue weighted by atomic mass is 14.4. The van der Waals surface area contributed by atoms with E-state index in [4.69, 9.17) is 0 Å². The minimum Gasteiger partial charge on any atom is -0.0622 e. The van der Waals surface area contributed by atoms with Crippen LogP contribution in [0.2, 0.25) is 0 Å². The van der Waals surface area contributed by atoms with Gasteiger partial charge in [-0.2, -0.15) is 0 Å². The third kappa shape index (κ3) is 4.42. The normalized spacial score (nSPS) is 14.9. The Kier molecular flexibility index (Phi) is 6.57. The van der Waals surface area contributed by atoms with Gasteiger partial charge in [0, 0.05) is 5.41 Å². The number of hydrogen-bond donors (Lipinski definition) is 0. The Labute approximate surface area is 327 Å². The molecule has 0 saturated carbocycles. The summed E-state index contributed by atoms with van der Waals surface area (Å²) in [4.78, 5) is 0. The van der Waals surface area contributed by atoms with Crippen molar-refractivity contribution >= 4 is 32.3 Å². The summed E-state index contributed by atoms with van der Waals surface area (Å²) in [5, 5.41) is 7.71. The van der Waals surface area contributed by atoms with Gasteiger partial charge in [-0.15, -0.1) is 0 Å². The smallest absolute Gasteiger partial charge is 0.0435 e. The minimum absolute atomic E-state index is 0.243. The van der Waals surface area contributed by atoms with E-state index in [0.29, 0.717) is 0 Å². The van der Waals surface area contributed by atoms with Gasteiger partial charge in [0.05, 0.1) is 0 Å². The van der Waals surface area contributed by atoms with Crippen LogP contribution in [0.4, 0.5) is 0 Å². The molecule has 1 unspecified atom stereocenters. The van der Waals surface area contributed by atoms with E-state index in [-0.39, 0.29) is 5.41 Å². The average Bonchev–Trinajstić information content (AvgIpc) is 3.72. The van der Waals surface area contributed by atoms with Crippen molar-refractivity contribution in [3.8, 4) is 66.8 Å². The minimum atomic E-state index is -0.243. The zero-order valence-corrected chi connectivity index (χ0v) is 31.1. The molecule has 0 aromatic heterocycles. The maximum atomic E-state index is 2.47. The molecule has 0 N–H and O–H groups in total. The van der Waals surface area contributed by atoms with Crippen LogP contribution >= 0.6 is 0 Å². The fourth-order valence-corrected chi connectivity index (χ4v) is 10.1. The monoisotopic (exact) mass is 708 g/mol. The summed E-state index contributed by atoms with van der Waals surface area (Å²) in [6.45, 7) is 2.40. The first kappa shape index (κ1) is 31.3. The molecule has 10 aromatic carbocycles. The second-order valence-electron chi connectivity index (χ2n) is 15.8. The quantitative estimate of drug-likeness (QED) is 0.171. The summed E-state index contributed by atoms with van der Waals surface area (Å²) in [7, 11) is 0. The van der Waals surface area contributed by atoms with Crippen molar-refractivity contribution < 1.29 is 0 Å². The zero-order valence-electron chi connectivity index (χ0n) is 31.1. The fraction of sp³-hybridized carbons (Fsp3) is 0.0357. The fourth-order valence-electron chi connectivity index (χ4n) is 10.1. The van der Waals surface area contributed by atoms with Crippen LogP contribution in [0.25, 0.3) is 99.1 Å². The highest BCUT2D eigenvalue weighted by molar-refractivity contribution is 6.22. The maximum absolute atomic E-state index is 2.47. The Morgan fingerprint density at radius 1 is 0.304 bits per heavy atom. The van der Waals surface area contributed by atoms with Gasteiger partial charge in [0.2, 0.25) is 0 Å². The molecule has 260 valence electrons. The van der Waals surface area contributed by atoms with Gasteiger partial charge in [-0.05, 0) is 165 Å². The SMILES string of the molecule is CC1(c2ccccc2)c2ccccc2-c2cc3ccc(-c4cc(-c5ccccc5)cc(-c5c6c(cc7ccccc57)-c5cccc7cccc-6c57)c4)cc3cc21. The molecule has 0 aliphatic heterocycles. The molecule has 0 radical (unpaired) electrons. The van der Waals surface area contributed by atoms with E-state index in [0.717, 1.165) is 0 Å². The molecule has 0 fully saturated rings. The zero-order chi connectivity index (χ0) is 37.0. The van der Waals surface area contributed by atoms with E-state index in [1.165, 1.54) is 116 Å². The number of fused-ring (bicyclic) bond motifs is 8. The van der Waals surface area contributed by atoms with Crippen LogP contribution in [0, 0.1) is 0 Å². The molecule has 0 amide bonds. The van der Waals surface area contributed by atoms with E-state index in [1.54, 1.807) is 0 Å². The lowest BCUT2D eigenvalue weighted by Crippen LogP contribution is -2.22. The van der Waals surface area contributed by atoms with Crippen molar-refractivity contribution in [3.05, 3.63) is 217 Å². The molecule has 2 aliphatic carbocycles. The van der Waals surface area contributed by atoms with Gasteiger partial charge >= 0.3 is 0 Å². The molecule has 0 spiro atoms. The third-order valence-corrected chi connectivity index (χ3v) is 12.8. The van der Waals surface area contributed by atoms with E-state index in [9.17, 15) is 0 Å². The van der Waals surface area contributed by atoms with Crippen molar-refractivity contribution in [2.24, 2.45) is 0 Å². The number of hydrogen-bond acceptors (Lipinski definition) is 0. The molecule has 0 bridgehead atoms. The maximum Gasteiger partial charge on any atom is 0.0435 e. The van der Waals surface area contributed by atoms with E-state index in [2.05, 4.69) is 207 Å². The average molecular weight is 709 g/mol. The van der Waals surface area contributed by atoms with Gasteiger partial charge in [-0.1, -0.05) is 158 Å². The Balaban J connectivity index is 1.10. The molecule has 10 aromatic rings. The summed E-state index contributed by atoms with van der Waals surface area (Å²) in [6, 6.07) is 74.9. The molecule has 56 heavy (non-hydrogen) atoms. The summed E-state index contributed by atoms with van der Waals surface area (Å²) < 4.78 is 0. The lowest BCUT2D eigenvalue weighted by atomic mass is 9.74. The van der Waals surface area contributed by atoms with Gasteiger partial charge < -0.3 is 0 Å². The van der Waals surface area contributed by atoms with Crippen LogP contribution < -0.4 is 0 Å². The van der Waals surface area contributed by atoms with Crippen LogP contribution in [0.3, 0.4) is 0 Å². The van der Waals surface area contributed by atoms with Gasteiger partial charge in [-0.3, -0.25) is 0 Å². The van der Waals surface area contributed by atoms with E-state index >= 15 is 0 Å². The van der Waals surface area contributed by atoms with Crippen LogP contribution in [-0.2, 0) is 5.41 Å². The molecule has 0 nitrogen and oxygen atoms in total. The van der Waals surface area contributed by atoms with Crippen molar-refractivity contribution in [2.45, 2.75) is 12.3 Å². The molecule has 0 heteroatoms. The molecule has 2 aliphatic rings. The standard InChI is InChI=1S/C56H36/c1-56(44-19-6-3-7-20-44)51-25-11-10-22-46(51)49-32-38-27-26-37(28-42(38)34-52(49)56)41-29-40(35-14-4-2-5-15-35)30-43(31-41)54-45-21-9-8-16-39(45)33-50-47-23-12-17-36-18-13-24-48(53(36)47)55(50)54/h2-34H,1H3. The molecule has 0 saturated heterocycles. The Morgan fingerprint density at radius 2 is 0.946 bits per heavy atom. The highest BCUT2D eigenvalue weighted by Crippen LogP contribution is 2.55. The molecule has 1 atom stereocenters. The van der Waals surface area contributed by atoms with Gasteiger partial charge in [0.25, 0.3) is 0 Å². The summed E-state index contributed by atoms with van der Waals surface area (Å²) in [5.41, 5.74) is 19.2. The van der Waals surface area contributed by atoms with Crippen molar-refractivity contribution in [1.82, 2.24) is 0 Å². The first-order valence-corrected chi connectivity index (χ1v) is 19.7. The van der Waals surface area contributed by atoms with E-state index < -0.39 is 0 Å². The molecule has 12 rings (SSSR count). The number of benzene rings is 10. The van der Waals surface area contributed by atoms with Crippen LogP contribution in [0.5, 0.6) is 0 Å². The molecular weight excluding hydrogens is 673 g/mol. The van der Waals surface area contributed by atoms with Gasteiger partial charge in [0.1, 0.15) is 0 Å². The second kappa shape index (κ2) is 11.7. The molecular formula is C56H36. The van der Waals surface area contributed by atoms with Gasteiger partial charge in [0.15, 0.2) is 0 Å². The predicted molar refractivity (Wildman–Crippen MR) is 237 cm³/mol. The largest absolute Gasteiger partial charge is 0.0622 e. The highest BCUT2D eigenvalue weighted by Gasteiger charge is 2.40. The van der Waals surface area contributed by atoms with Crippen molar-refractivity contribution in [3.63, 3.8) is 0 Å². The van der Waals surface area contributed by atoms with Gasteiger partial charge in [-0.25, -0.2) is 0 Å². The van der Waals surface area contributed by atoms with E-state index in [1.807, 2.05) is 0 Å². The summed E-state index contributed by atoms with van der Waals surface area (Å²) >= 11 is 0. The Bertz CT molecular complexity index is 3240. The van der Waals surface area contributed by atoms with Crippen LogP contribution in [0.15, 0.2) is 200 Å². The van der Waals surface area contributed by atoms with Crippen LogP contribution in [-0.4, -0.2) is 0 Å². The third-order valence-electron chi connectivity index (χ3n) is 12.8. The Hall–Kier alpha value is -7.02. The molecule has 0 heterocycles. The lowest BCUT2D eigenvalue weighted by molar-refractivity contribution is 0.715. The predicted octanol–water partition coefficient (Wildman–Crippen LogP) is 15.1. The number of rotatable bonds is 4. The summed E-state index contributed by atoms with van der Waals surface area (Å²) in [5.74, 6) is 0. The Morgan fingerprint density at radius 3 is 1.79 bits per heavy atom. The van der Waals surface area contributed by atoms with Crippen molar-refractivity contribution in [1.29, 1.82) is 0 Å². The van der Waals surface area contributed by atoms with Crippen molar-refractivity contribution in [2.75, 3.05) is 0 Å². The first-order chi connectivity index (χ1) is 27.6. The lowest BCUT2D eigenvalue weighted by Gasteiger charge is -2.28. The second-order valence-corrected chi connectivity index (χ2v) is 15.8. The first-order valence-electron chi connectivity index (χ1n) is 19.7. The topological polar surface area (TPSA) is 0 Å². The van der Waals surface area contributed by atoms with Crippen LogP contribution in [0.1, 0.15) is 23.6 Å².